The fourth-order valence-electron chi connectivity index (χ4n) is 6.11. The van der Waals surface area contributed by atoms with Gasteiger partial charge in [-0.15, -0.1) is 0 Å². The van der Waals surface area contributed by atoms with Crippen LogP contribution in [0.3, 0.4) is 0 Å². The van der Waals surface area contributed by atoms with E-state index >= 15 is 0 Å². The number of fused-ring (bicyclic) bond motifs is 6. The second kappa shape index (κ2) is 9.25. The zero-order chi connectivity index (χ0) is 27.3. The topological polar surface area (TPSA) is 56.6 Å². The number of nitrogens with zero attached hydrogens (tertiary/aromatic N) is 1. The zero-order valence-electron chi connectivity index (χ0n) is 22.2. The number of H-pyrrole nitrogens is 1. The first-order chi connectivity index (χ1) is 20.3. The van der Waals surface area contributed by atoms with Crippen molar-refractivity contribution in [2.75, 3.05) is 5.32 Å². The highest BCUT2D eigenvalue weighted by molar-refractivity contribution is 6.16. The Morgan fingerprint density at radius 1 is 0.585 bits per heavy atom. The molecule has 2 heterocycles. The minimum absolute atomic E-state index is 0.847. The van der Waals surface area contributed by atoms with Crippen molar-refractivity contribution in [2.24, 2.45) is 0 Å². The lowest BCUT2D eigenvalue weighted by atomic mass is 10.00. The van der Waals surface area contributed by atoms with Crippen LogP contribution in [0.4, 0.5) is 11.4 Å². The highest BCUT2D eigenvalue weighted by atomic mass is 15.0. The van der Waals surface area contributed by atoms with Gasteiger partial charge in [-0.3, -0.25) is 0 Å². The maximum atomic E-state index is 8.20. The Morgan fingerprint density at radius 3 is 2.07 bits per heavy atom. The molecule has 8 rings (SSSR count). The van der Waals surface area contributed by atoms with Crippen LogP contribution in [0.25, 0.3) is 60.4 Å². The van der Waals surface area contributed by atoms with Gasteiger partial charge in [0.05, 0.1) is 16.6 Å². The van der Waals surface area contributed by atoms with Gasteiger partial charge >= 0.3 is 0 Å². The third-order valence-electron chi connectivity index (χ3n) is 8.03. The second-order valence-corrected chi connectivity index (χ2v) is 10.4. The van der Waals surface area contributed by atoms with Gasteiger partial charge < -0.3 is 20.3 Å². The summed E-state index contributed by atoms with van der Waals surface area (Å²) in [7, 11) is 0. The number of rotatable bonds is 5. The summed E-state index contributed by atoms with van der Waals surface area (Å²) in [6, 6.07) is 46.9. The standard InChI is InChI=1S/C37H26N4/c38-23-32-34(39-26-9-3-1-4-10-26)19-17-29-30-21-24(15-18-33(30)40-37(29)32)25-16-20-36-31(22-25)28-13-7-8-14-35(28)41(36)27-11-5-2-6-12-27/h1-23,38-40H. The summed E-state index contributed by atoms with van der Waals surface area (Å²) in [6.07, 6.45) is 1.43. The third kappa shape index (κ3) is 3.73. The minimum atomic E-state index is 0.847. The molecule has 0 fully saturated rings. The van der Waals surface area contributed by atoms with Crippen molar-refractivity contribution in [3.05, 3.63) is 139 Å². The predicted octanol–water partition coefficient (Wildman–Crippen LogP) is 9.83. The summed E-state index contributed by atoms with van der Waals surface area (Å²) in [5.74, 6) is 0. The Labute approximate surface area is 237 Å². The molecule has 0 radical (unpaired) electrons. The first-order valence-electron chi connectivity index (χ1n) is 13.8. The van der Waals surface area contributed by atoms with E-state index in [9.17, 15) is 0 Å². The number of hydrogen-bond acceptors (Lipinski definition) is 2. The highest BCUT2D eigenvalue weighted by Gasteiger charge is 2.15. The van der Waals surface area contributed by atoms with Gasteiger partial charge in [-0.1, -0.05) is 72.8 Å². The van der Waals surface area contributed by atoms with Gasteiger partial charge in [0.1, 0.15) is 0 Å². The number of nitrogens with one attached hydrogen (secondary N) is 3. The van der Waals surface area contributed by atoms with Crippen LogP contribution in [0, 0.1) is 5.41 Å². The van der Waals surface area contributed by atoms with E-state index < -0.39 is 0 Å². The lowest BCUT2D eigenvalue weighted by Crippen LogP contribution is -1.96. The molecule has 0 aliphatic heterocycles. The molecule has 41 heavy (non-hydrogen) atoms. The first kappa shape index (κ1) is 23.3. The molecule has 0 spiro atoms. The van der Waals surface area contributed by atoms with Gasteiger partial charge in [0.15, 0.2) is 0 Å². The van der Waals surface area contributed by atoms with Crippen LogP contribution >= 0.6 is 0 Å². The van der Waals surface area contributed by atoms with Gasteiger partial charge in [0.25, 0.3) is 0 Å². The first-order valence-corrected chi connectivity index (χ1v) is 13.8. The molecule has 0 atom stereocenters. The Hall–Kier alpha value is -5.61. The monoisotopic (exact) mass is 526 g/mol. The molecule has 6 aromatic carbocycles. The molecule has 4 heteroatoms. The molecule has 0 aliphatic carbocycles. The van der Waals surface area contributed by atoms with Crippen molar-refractivity contribution in [3.63, 3.8) is 0 Å². The average molecular weight is 527 g/mol. The Balaban J connectivity index is 1.27. The molecule has 0 aliphatic rings. The molecule has 4 nitrogen and oxygen atoms in total. The number of hydrogen-bond donors (Lipinski definition) is 3. The third-order valence-corrected chi connectivity index (χ3v) is 8.03. The van der Waals surface area contributed by atoms with E-state index in [1.165, 1.54) is 39.1 Å². The Kier molecular flexibility index (Phi) is 5.25. The molecule has 194 valence electrons. The molecule has 0 saturated heterocycles. The maximum Gasteiger partial charge on any atom is 0.0574 e. The summed E-state index contributed by atoms with van der Waals surface area (Å²) in [5, 5.41) is 16.4. The summed E-state index contributed by atoms with van der Waals surface area (Å²) in [5.41, 5.74) is 10.7. The number of aromatic nitrogens is 2. The van der Waals surface area contributed by atoms with Crippen molar-refractivity contribution in [3.8, 4) is 16.8 Å². The predicted molar refractivity (Wildman–Crippen MR) is 173 cm³/mol. The fraction of sp³-hybridized carbons (Fsp3) is 0. The van der Waals surface area contributed by atoms with Crippen molar-refractivity contribution >= 4 is 61.2 Å². The van der Waals surface area contributed by atoms with E-state index in [0.717, 1.165) is 44.4 Å². The zero-order valence-corrected chi connectivity index (χ0v) is 22.2. The van der Waals surface area contributed by atoms with Gasteiger partial charge in [0, 0.05) is 55.9 Å². The summed E-state index contributed by atoms with van der Waals surface area (Å²) in [6.45, 7) is 0. The molecule has 0 saturated carbocycles. The van der Waals surface area contributed by atoms with Crippen molar-refractivity contribution in [1.82, 2.24) is 9.55 Å². The molecule has 0 amide bonds. The van der Waals surface area contributed by atoms with Gasteiger partial charge in [-0.25, -0.2) is 0 Å². The number of anilines is 2. The van der Waals surface area contributed by atoms with Gasteiger partial charge in [-0.05, 0) is 71.8 Å². The fourth-order valence-corrected chi connectivity index (χ4v) is 6.11. The van der Waals surface area contributed by atoms with Gasteiger partial charge in [-0.2, -0.15) is 0 Å². The summed E-state index contributed by atoms with van der Waals surface area (Å²) < 4.78 is 2.34. The van der Waals surface area contributed by atoms with Crippen LogP contribution in [0.1, 0.15) is 5.56 Å². The van der Waals surface area contributed by atoms with E-state index in [-0.39, 0.29) is 0 Å². The SMILES string of the molecule is N=Cc1c(Nc2ccccc2)ccc2c1[nH]c1ccc(-c3ccc4c(c3)c3ccccc3n4-c3ccccc3)cc12. The van der Waals surface area contributed by atoms with Crippen LogP contribution in [0.2, 0.25) is 0 Å². The quantitative estimate of drug-likeness (QED) is 0.192. The maximum absolute atomic E-state index is 8.20. The van der Waals surface area contributed by atoms with Crippen LogP contribution in [-0.4, -0.2) is 15.8 Å². The summed E-state index contributed by atoms with van der Waals surface area (Å²) in [4.78, 5) is 3.58. The van der Waals surface area contributed by atoms with Crippen LogP contribution in [0.5, 0.6) is 0 Å². The van der Waals surface area contributed by atoms with Crippen LogP contribution in [-0.2, 0) is 0 Å². The van der Waals surface area contributed by atoms with Crippen molar-refractivity contribution in [2.45, 2.75) is 0 Å². The molecule has 8 aromatic rings. The van der Waals surface area contributed by atoms with E-state index in [1.807, 2.05) is 30.3 Å². The summed E-state index contributed by atoms with van der Waals surface area (Å²) >= 11 is 0. The van der Waals surface area contributed by atoms with E-state index in [4.69, 9.17) is 5.41 Å². The van der Waals surface area contributed by atoms with Crippen LogP contribution in [0.15, 0.2) is 133 Å². The molecule has 0 unspecified atom stereocenters. The van der Waals surface area contributed by atoms with Crippen molar-refractivity contribution in [1.29, 1.82) is 5.41 Å². The smallest absolute Gasteiger partial charge is 0.0574 e. The largest absolute Gasteiger partial charge is 0.355 e. The van der Waals surface area contributed by atoms with E-state index in [1.54, 1.807) is 0 Å². The molecule has 2 aromatic heterocycles. The molecular formula is C37H26N4. The number of aromatic amines is 1. The van der Waals surface area contributed by atoms with Crippen LogP contribution < -0.4 is 5.32 Å². The highest BCUT2D eigenvalue weighted by Crippen LogP contribution is 2.37. The lowest BCUT2D eigenvalue weighted by Gasteiger charge is -2.10. The van der Waals surface area contributed by atoms with Crippen molar-refractivity contribution < 1.29 is 0 Å². The Bertz CT molecular complexity index is 2240. The molecular weight excluding hydrogens is 500 g/mol. The average Bonchev–Trinajstić information content (AvgIpc) is 3.57. The molecule has 0 bridgehead atoms. The number of benzene rings is 6. The van der Waals surface area contributed by atoms with E-state index in [2.05, 4.69) is 118 Å². The Morgan fingerprint density at radius 2 is 1.27 bits per heavy atom. The van der Waals surface area contributed by atoms with E-state index in [0.29, 0.717) is 0 Å². The van der Waals surface area contributed by atoms with Gasteiger partial charge in [0.2, 0.25) is 0 Å². The second-order valence-electron chi connectivity index (χ2n) is 10.4. The normalized spacial score (nSPS) is 11.5. The lowest BCUT2D eigenvalue weighted by molar-refractivity contribution is 1.18. The number of para-hydroxylation sites is 3. The molecule has 3 N–H and O–H groups in total. The minimum Gasteiger partial charge on any atom is -0.355 e.